The Kier molecular flexibility index (Phi) is 8.09. The van der Waals surface area contributed by atoms with E-state index in [1.165, 1.54) is 5.56 Å². The summed E-state index contributed by atoms with van der Waals surface area (Å²) in [5.41, 5.74) is 4.68. The molecular formula is C25H26BrNO4. The van der Waals surface area contributed by atoms with Crippen LogP contribution in [0.15, 0.2) is 65.1 Å². The predicted octanol–water partition coefficient (Wildman–Crippen LogP) is 5.72. The Labute approximate surface area is 191 Å². The number of carbonyl (C=O) groups is 1. The van der Waals surface area contributed by atoms with Gasteiger partial charge in [-0.2, -0.15) is 0 Å². The van der Waals surface area contributed by atoms with E-state index in [1.54, 1.807) is 12.1 Å². The van der Waals surface area contributed by atoms with Crippen molar-refractivity contribution in [3.05, 3.63) is 93.0 Å². The van der Waals surface area contributed by atoms with Crippen LogP contribution in [0.3, 0.4) is 0 Å². The third-order valence-electron chi connectivity index (χ3n) is 4.90. The lowest BCUT2D eigenvalue weighted by atomic mass is 10.1. The Hall–Kier alpha value is -2.83. The highest BCUT2D eigenvalue weighted by molar-refractivity contribution is 9.10. The average molecular weight is 484 g/mol. The molecule has 3 rings (SSSR count). The first kappa shape index (κ1) is 22.8. The van der Waals surface area contributed by atoms with Gasteiger partial charge in [0.05, 0.1) is 12.2 Å². The maximum atomic E-state index is 11.0. The van der Waals surface area contributed by atoms with Gasteiger partial charge in [0.25, 0.3) is 0 Å². The van der Waals surface area contributed by atoms with Crippen LogP contribution in [0.5, 0.6) is 11.5 Å². The minimum atomic E-state index is -0.920. The highest BCUT2D eigenvalue weighted by Gasteiger charge is 2.12. The van der Waals surface area contributed by atoms with Gasteiger partial charge in [0.2, 0.25) is 0 Å². The maximum absolute atomic E-state index is 11.0. The number of aryl methyl sites for hydroxylation is 1. The number of rotatable bonds is 10. The molecule has 0 bridgehead atoms. The maximum Gasteiger partial charge on any atom is 0.335 e. The van der Waals surface area contributed by atoms with Crippen LogP contribution >= 0.6 is 15.9 Å². The van der Waals surface area contributed by atoms with Gasteiger partial charge in [-0.05, 0) is 60.4 Å². The fourth-order valence-electron chi connectivity index (χ4n) is 3.13. The number of carboxylic acid groups (broad SMARTS) is 1. The molecule has 0 aliphatic rings. The van der Waals surface area contributed by atoms with Crippen LogP contribution < -0.4 is 14.8 Å². The van der Waals surface area contributed by atoms with Gasteiger partial charge in [-0.1, -0.05) is 52.3 Å². The zero-order valence-corrected chi connectivity index (χ0v) is 19.2. The summed E-state index contributed by atoms with van der Waals surface area (Å²) in [5, 5.41) is 12.4. The van der Waals surface area contributed by atoms with E-state index >= 15 is 0 Å². The van der Waals surface area contributed by atoms with E-state index in [2.05, 4.69) is 40.3 Å². The van der Waals surface area contributed by atoms with Crippen molar-refractivity contribution in [2.24, 2.45) is 0 Å². The van der Waals surface area contributed by atoms with Crippen molar-refractivity contribution in [2.75, 3.05) is 6.61 Å². The second-order valence-electron chi connectivity index (χ2n) is 7.14. The largest absolute Gasteiger partial charge is 0.490 e. The molecule has 0 saturated heterocycles. The van der Waals surface area contributed by atoms with E-state index in [0.29, 0.717) is 37.8 Å². The van der Waals surface area contributed by atoms with E-state index in [-0.39, 0.29) is 5.56 Å². The molecule has 0 aliphatic carbocycles. The zero-order valence-electron chi connectivity index (χ0n) is 17.7. The summed E-state index contributed by atoms with van der Waals surface area (Å²) in [4.78, 5) is 11.0. The summed E-state index contributed by atoms with van der Waals surface area (Å²) in [6.07, 6.45) is 0. The molecule has 0 spiro atoms. The van der Waals surface area contributed by atoms with Gasteiger partial charge in [-0.3, -0.25) is 0 Å². The van der Waals surface area contributed by atoms with Crippen LogP contribution in [0.1, 0.15) is 39.5 Å². The molecule has 3 aromatic rings. The zero-order chi connectivity index (χ0) is 22.2. The standard InChI is InChI=1S/C25H26BrNO4/c1-3-30-23-12-21(15-27-14-18-8-10-19(11-9-18)25(28)29)22(26)13-24(23)31-16-20-7-5-4-6-17(20)2/h4-13,27H,3,14-16H2,1-2H3,(H,28,29). The molecule has 0 aromatic heterocycles. The number of nitrogens with one attached hydrogen (secondary N) is 1. The van der Waals surface area contributed by atoms with Crippen LogP contribution in [0.25, 0.3) is 0 Å². The minimum Gasteiger partial charge on any atom is -0.490 e. The molecular weight excluding hydrogens is 458 g/mol. The Morgan fingerprint density at radius 3 is 2.35 bits per heavy atom. The third kappa shape index (κ3) is 6.32. The van der Waals surface area contributed by atoms with Crippen molar-refractivity contribution in [3.63, 3.8) is 0 Å². The minimum absolute atomic E-state index is 0.286. The third-order valence-corrected chi connectivity index (χ3v) is 5.64. The van der Waals surface area contributed by atoms with Crippen molar-refractivity contribution in [2.45, 2.75) is 33.5 Å². The molecule has 6 heteroatoms. The number of hydrogen-bond donors (Lipinski definition) is 2. The first-order chi connectivity index (χ1) is 15.0. The van der Waals surface area contributed by atoms with Gasteiger partial charge in [-0.15, -0.1) is 0 Å². The fraction of sp³-hybridized carbons (Fsp3) is 0.240. The monoisotopic (exact) mass is 483 g/mol. The average Bonchev–Trinajstić information content (AvgIpc) is 2.76. The van der Waals surface area contributed by atoms with Crippen LogP contribution in [0, 0.1) is 6.92 Å². The number of benzene rings is 3. The molecule has 0 unspecified atom stereocenters. The summed E-state index contributed by atoms with van der Waals surface area (Å²) < 4.78 is 12.8. The first-order valence-corrected chi connectivity index (χ1v) is 10.9. The smallest absolute Gasteiger partial charge is 0.335 e. The Morgan fingerprint density at radius 1 is 0.968 bits per heavy atom. The van der Waals surface area contributed by atoms with Crippen LogP contribution in [0.2, 0.25) is 0 Å². The van der Waals surface area contributed by atoms with Gasteiger partial charge >= 0.3 is 5.97 Å². The molecule has 0 atom stereocenters. The highest BCUT2D eigenvalue weighted by atomic mass is 79.9. The molecule has 31 heavy (non-hydrogen) atoms. The van der Waals surface area contributed by atoms with Crippen LogP contribution in [-0.2, 0) is 19.7 Å². The van der Waals surface area contributed by atoms with Crippen molar-refractivity contribution >= 4 is 21.9 Å². The quantitative estimate of drug-likeness (QED) is 0.385. The fourth-order valence-corrected chi connectivity index (χ4v) is 3.59. The predicted molar refractivity (Wildman–Crippen MR) is 125 cm³/mol. The lowest BCUT2D eigenvalue weighted by molar-refractivity contribution is 0.0697. The van der Waals surface area contributed by atoms with E-state index in [0.717, 1.165) is 21.2 Å². The molecule has 5 nitrogen and oxygen atoms in total. The molecule has 0 saturated carbocycles. The first-order valence-electron chi connectivity index (χ1n) is 10.1. The lowest BCUT2D eigenvalue weighted by Gasteiger charge is -2.16. The Balaban J connectivity index is 1.66. The van der Waals surface area contributed by atoms with Gasteiger partial charge in [0.15, 0.2) is 11.5 Å². The summed E-state index contributed by atoms with van der Waals surface area (Å²) in [6.45, 7) is 6.30. The molecule has 0 radical (unpaired) electrons. The van der Waals surface area contributed by atoms with E-state index in [4.69, 9.17) is 14.6 Å². The summed E-state index contributed by atoms with van der Waals surface area (Å²) in [7, 11) is 0. The highest BCUT2D eigenvalue weighted by Crippen LogP contribution is 2.34. The summed E-state index contributed by atoms with van der Waals surface area (Å²) in [5.74, 6) is 0.489. The molecule has 0 fully saturated rings. The molecule has 2 N–H and O–H groups in total. The van der Waals surface area contributed by atoms with Gasteiger partial charge in [-0.25, -0.2) is 4.79 Å². The van der Waals surface area contributed by atoms with E-state index in [9.17, 15) is 4.79 Å². The molecule has 3 aromatic carbocycles. The Bertz CT molecular complexity index is 1030. The van der Waals surface area contributed by atoms with Crippen molar-refractivity contribution in [1.82, 2.24) is 5.32 Å². The van der Waals surface area contributed by atoms with Gasteiger partial charge in [0.1, 0.15) is 6.61 Å². The van der Waals surface area contributed by atoms with Crippen molar-refractivity contribution < 1.29 is 19.4 Å². The number of aromatic carboxylic acids is 1. The topological polar surface area (TPSA) is 67.8 Å². The molecule has 0 heterocycles. The van der Waals surface area contributed by atoms with Crippen LogP contribution in [-0.4, -0.2) is 17.7 Å². The molecule has 162 valence electrons. The molecule has 0 amide bonds. The number of hydrogen-bond acceptors (Lipinski definition) is 4. The number of halogens is 1. The Morgan fingerprint density at radius 2 is 1.68 bits per heavy atom. The summed E-state index contributed by atoms with van der Waals surface area (Å²) in [6, 6.07) is 19.0. The van der Waals surface area contributed by atoms with Gasteiger partial charge in [0, 0.05) is 17.6 Å². The SMILES string of the molecule is CCOc1cc(CNCc2ccc(C(=O)O)cc2)c(Br)cc1OCc1ccccc1C. The summed E-state index contributed by atoms with van der Waals surface area (Å²) >= 11 is 3.64. The van der Waals surface area contributed by atoms with Gasteiger partial charge < -0.3 is 19.9 Å². The normalized spacial score (nSPS) is 10.7. The van der Waals surface area contributed by atoms with E-state index in [1.807, 2.05) is 43.3 Å². The lowest BCUT2D eigenvalue weighted by Crippen LogP contribution is -2.13. The van der Waals surface area contributed by atoms with Crippen LogP contribution in [0.4, 0.5) is 0 Å². The second-order valence-corrected chi connectivity index (χ2v) is 8.00. The van der Waals surface area contributed by atoms with Crippen molar-refractivity contribution in [1.29, 1.82) is 0 Å². The number of carboxylic acids is 1. The number of ether oxygens (including phenoxy) is 2. The second kappa shape index (κ2) is 11.0. The van der Waals surface area contributed by atoms with E-state index < -0.39 is 5.97 Å². The van der Waals surface area contributed by atoms with Crippen molar-refractivity contribution in [3.8, 4) is 11.5 Å². The molecule has 0 aliphatic heterocycles.